The standard InChI is InChI=1S/C14H12FNO3/c1-8-2-3-9(15)6-13(8)19-10-4-5-12(16)11(7-10)14(17)18/h2-7H,16H2,1H3,(H,17,18). The Balaban J connectivity index is 2.36. The summed E-state index contributed by atoms with van der Waals surface area (Å²) in [6, 6.07) is 8.43. The lowest BCUT2D eigenvalue weighted by Gasteiger charge is -2.10. The second kappa shape index (κ2) is 4.97. The topological polar surface area (TPSA) is 72.5 Å². The lowest BCUT2D eigenvalue weighted by molar-refractivity contribution is 0.0697. The molecule has 0 aliphatic rings. The van der Waals surface area contributed by atoms with Crippen molar-refractivity contribution in [3.8, 4) is 11.5 Å². The van der Waals surface area contributed by atoms with Crippen LogP contribution in [0.4, 0.5) is 10.1 Å². The van der Waals surface area contributed by atoms with Gasteiger partial charge in [-0.3, -0.25) is 0 Å². The van der Waals surface area contributed by atoms with Gasteiger partial charge in [-0.1, -0.05) is 6.07 Å². The maximum Gasteiger partial charge on any atom is 0.337 e. The molecule has 0 unspecified atom stereocenters. The lowest BCUT2D eigenvalue weighted by atomic mass is 10.1. The fourth-order valence-electron chi connectivity index (χ4n) is 1.59. The minimum absolute atomic E-state index is 0.0495. The third-order valence-corrected chi connectivity index (χ3v) is 2.63. The van der Waals surface area contributed by atoms with Gasteiger partial charge in [0.25, 0.3) is 0 Å². The number of hydrogen-bond acceptors (Lipinski definition) is 3. The van der Waals surface area contributed by atoms with E-state index >= 15 is 0 Å². The number of hydrogen-bond donors (Lipinski definition) is 2. The molecule has 0 saturated heterocycles. The maximum absolute atomic E-state index is 13.1. The van der Waals surface area contributed by atoms with Gasteiger partial charge in [0.05, 0.1) is 5.56 Å². The number of aryl methyl sites for hydroxylation is 1. The van der Waals surface area contributed by atoms with Gasteiger partial charge in [0.15, 0.2) is 0 Å². The maximum atomic E-state index is 13.1. The number of aromatic carboxylic acids is 1. The van der Waals surface area contributed by atoms with Crippen molar-refractivity contribution in [1.29, 1.82) is 0 Å². The first kappa shape index (κ1) is 12.9. The zero-order chi connectivity index (χ0) is 14.0. The van der Waals surface area contributed by atoms with E-state index in [0.717, 1.165) is 5.56 Å². The molecule has 4 nitrogen and oxygen atoms in total. The van der Waals surface area contributed by atoms with Gasteiger partial charge < -0.3 is 15.6 Å². The van der Waals surface area contributed by atoms with Gasteiger partial charge in [-0.15, -0.1) is 0 Å². The molecule has 0 fully saturated rings. The number of ether oxygens (including phenoxy) is 1. The van der Waals surface area contributed by atoms with E-state index in [2.05, 4.69) is 0 Å². The molecule has 2 aromatic carbocycles. The molecule has 5 heteroatoms. The average Bonchev–Trinajstić information content (AvgIpc) is 2.36. The average molecular weight is 261 g/mol. The Hall–Kier alpha value is -2.56. The Kier molecular flexibility index (Phi) is 3.37. The largest absolute Gasteiger partial charge is 0.478 e. The van der Waals surface area contributed by atoms with Crippen molar-refractivity contribution in [1.82, 2.24) is 0 Å². The molecule has 0 saturated carbocycles. The van der Waals surface area contributed by atoms with Crippen molar-refractivity contribution in [2.75, 3.05) is 5.73 Å². The van der Waals surface area contributed by atoms with E-state index in [-0.39, 0.29) is 11.3 Å². The molecule has 2 rings (SSSR count). The van der Waals surface area contributed by atoms with E-state index < -0.39 is 11.8 Å². The first-order chi connectivity index (χ1) is 8.97. The smallest absolute Gasteiger partial charge is 0.337 e. The number of carbonyl (C=O) groups is 1. The Morgan fingerprint density at radius 1 is 1.26 bits per heavy atom. The van der Waals surface area contributed by atoms with Crippen molar-refractivity contribution in [2.24, 2.45) is 0 Å². The van der Waals surface area contributed by atoms with Crippen LogP contribution in [0.15, 0.2) is 36.4 Å². The van der Waals surface area contributed by atoms with Gasteiger partial charge in [-0.2, -0.15) is 0 Å². The third-order valence-electron chi connectivity index (χ3n) is 2.63. The fourth-order valence-corrected chi connectivity index (χ4v) is 1.59. The SMILES string of the molecule is Cc1ccc(F)cc1Oc1ccc(N)c(C(=O)O)c1. The van der Waals surface area contributed by atoms with E-state index in [1.807, 2.05) is 0 Å². The summed E-state index contributed by atoms with van der Waals surface area (Å²) in [4.78, 5) is 11.0. The molecule has 0 radical (unpaired) electrons. The molecule has 0 amide bonds. The van der Waals surface area contributed by atoms with Gasteiger partial charge in [0.2, 0.25) is 0 Å². The normalized spacial score (nSPS) is 10.2. The molecule has 3 N–H and O–H groups in total. The highest BCUT2D eigenvalue weighted by atomic mass is 19.1. The van der Waals surface area contributed by atoms with Crippen LogP contribution < -0.4 is 10.5 Å². The van der Waals surface area contributed by atoms with Crippen LogP contribution in [0.3, 0.4) is 0 Å². The Labute approximate surface area is 109 Å². The number of benzene rings is 2. The highest BCUT2D eigenvalue weighted by molar-refractivity contribution is 5.94. The Morgan fingerprint density at radius 3 is 2.68 bits per heavy atom. The summed E-state index contributed by atoms with van der Waals surface area (Å²) < 4.78 is 18.6. The molecular weight excluding hydrogens is 249 g/mol. The van der Waals surface area contributed by atoms with E-state index in [9.17, 15) is 9.18 Å². The van der Waals surface area contributed by atoms with E-state index in [1.165, 1.54) is 30.3 Å². The third kappa shape index (κ3) is 2.82. The van der Waals surface area contributed by atoms with Crippen LogP contribution in [-0.2, 0) is 0 Å². The summed E-state index contributed by atoms with van der Waals surface area (Å²) in [6.45, 7) is 1.77. The van der Waals surface area contributed by atoms with Crippen LogP contribution in [0.1, 0.15) is 15.9 Å². The molecule has 19 heavy (non-hydrogen) atoms. The zero-order valence-corrected chi connectivity index (χ0v) is 10.2. The van der Waals surface area contributed by atoms with Gasteiger partial charge in [0, 0.05) is 11.8 Å². The lowest BCUT2D eigenvalue weighted by Crippen LogP contribution is -2.02. The molecule has 0 heterocycles. The fraction of sp³-hybridized carbons (Fsp3) is 0.0714. The number of carboxylic acid groups (broad SMARTS) is 1. The molecule has 0 aliphatic carbocycles. The summed E-state index contributed by atoms with van der Waals surface area (Å²) >= 11 is 0. The van der Waals surface area contributed by atoms with Crippen LogP contribution in [-0.4, -0.2) is 11.1 Å². The molecule has 98 valence electrons. The molecular formula is C14H12FNO3. The minimum atomic E-state index is -1.14. The minimum Gasteiger partial charge on any atom is -0.478 e. The Bertz CT molecular complexity index is 641. The summed E-state index contributed by atoms with van der Waals surface area (Å²) in [5.41, 5.74) is 6.39. The first-order valence-electron chi connectivity index (χ1n) is 5.54. The predicted molar refractivity (Wildman–Crippen MR) is 69.0 cm³/mol. The summed E-state index contributed by atoms with van der Waals surface area (Å²) in [5.74, 6) is -0.935. The van der Waals surface area contributed by atoms with E-state index in [1.54, 1.807) is 13.0 Å². The van der Waals surface area contributed by atoms with Gasteiger partial charge >= 0.3 is 5.97 Å². The summed E-state index contributed by atoms with van der Waals surface area (Å²) in [7, 11) is 0. The van der Waals surface area contributed by atoms with Crippen LogP contribution >= 0.6 is 0 Å². The van der Waals surface area contributed by atoms with Crippen LogP contribution in [0.5, 0.6) is 11.5 Å². The monoisotopic (exact) mass is 261 g/mol. The van der Waals surface area contributed by atoms with Crippen LogP contribution in [0.25, 0.3) is 0 Å². The predicted octanol–water partition coefficient (Wildman–Crippen LogP) is 3.21. The second-order valence-corrected chi connectivity index (χ2v) is 4.07. The molecule has 0 aromatic heterocycles. The van der Waals surface area contributed by atoms with Gasteiger partial charge in [-0.05, 0) is 36.8 Å². The quantitative estimate of drug-likeness (QED) is 0.832. The first-order valence-corrected chi connectivity index (χ1v) is 5.54. The van der Waals surface area contributed by atoms with Gasteiger partial charge in [0.1, 0.15) is 17.3 Å². The molecule has 2 aromatic rings. The number of nitrogen functional groups attached to an aromatic ring is 1. The Morgan fingerprint density at radius 2 is 2.00 bits per heavy atom. The second-order valence-electron chi connectivity index (χ2n) is 4.07. The van der Waals surface area contributed by atoms with Crippen LogP contribution in [0, 0.1) is 12.7 Å². The number of anilines is 1. The summed E-state index contributed by atoms with van der Waals surface area (Å²) in [5, 5.41) is 8.96. The molecule has 0 bridgehead atoms. The van der Waals surface area contributed by atoms with Crippen molar-refractivity contribution in [2.45, 2.75) is 6.92 Å². The number of rotatable bonds is 3. The van der Waals surface area contributed by atoms with Crippen molar-refractivity contribution >= 4 is 11.7 Å². The van der Waals surface area contributed by atoms with Gasteiger partial charge in [-0.25, -0.2) is 9.18 Å². The number of carboxylic acids is 1. The van der Waals surface area contributed by atoms with Crippen LogP contribution in [0.2, 0.25) is 0 Å². The van der Waals surface area contributed by atoms with E-state index in [4.69, 9.17) is 15.6 Å². The highest BCUT2D eigenvalue weighted by Gasteiger charge is 2.10. The highest BCUT2D eigenvalue weighted by Crippen LogP contribution is 2.28. The molecule has 0 aliphatic heterocycles. The van der Waals surface area contributed by atoms with Crippen molar-refractivity contribution in [3.63, 3.8) is 0 Å². The van der Waals surface area contributed by atoms with Crippen molar-refractivity contribution < 1.29 is 19.0 Å². The molecule has 0 atom stereocenters. The summed E-state index contributed by atoms with van der Waals surface area (Å²) in [6.07, 6.45) is 0. The number of halogens is 1. The van der Waals surface area contributed by atoms with Crippen molar-refractivity contribution in [3.05, 3.63) is 53.3 Å². The van der Waals surface area contributed by atoms with E-state index in [0.29, 0.717) is 11.5 Å². The molecule has 0 spiro atoms. The number of nitrogens with two attached hydrogens (primary N) is 1. The zero-order valence-electron chi connectivity index (χ0n) is 10.2.